The van der Waals surface area contributed by atoms with Gasteiger partial charge >= 0.3 is 12.0 Å². The van der Waals surface area contributed by atoms with Crippen LogP contribution < -0.4 is 5.32 Å². The molecule has 0 saturated carbocycles. The molecule has 1 heterocycles. The number of hydrogen-bond acceptors (Lipinski definition) is 3. The largest absolute Gasteiger partial charge is 0.479 e. The number of nitrogens with zero attached hydrogens (tertiary/aromatic N) is 2. The molecule has 7 nitrogen and oxygen atoms in total. The fourth-order valence-electron chi connectivity index (χ4n) is 3.30. The summed E-state index contributed by atoms with van der Waals surface area (Å²) in [6.07, 6.45) is 0.772. The van der Waals surface area contributed by atoms with Crippen molar-refractivity contribution in [2.45, 2.75) is 32.7 Å². The second-order valence-corrected chi connectivity index (χ2v) is 6.66. The van der Waals surface area contributed by atoms with E-state index in [0.717, 1.165) is 12.1 Å². The fraction of sp³-hybridized carbons (Fsp3) is 0.526. The molecule has 9 heteroatoms. The number of piperidine rings is 1. The first-order valence-corrected chi connectivity index (χ1v) is 9.30. The van der Waals surface area contributed by atoms with Crippen LogP contribution in [0.1, 0.15) is 38.3 Å². The van der Waals surface area contributed by atoms with Gasteiger partial charge in [0.1, 0.15) is 11.6 Å². The van der Waals surface area contributed by atoms with Crippen molar-refractivity contribution in [3.05, 3.63) is 35.4 Å². The monoisotopic (exact) mass is 397 g/mol. The number of halogens is 2. The van der Waals surface area contributed by atoms with E-state index >= 15 is 0 Å². The van der Waals surface area contributed by atoms with Gasteiger partial charge in [-0.05, 0) is 32.8 Å². The normalized spacial score (nSPS) is 15.8. The lowest BCUT2D eigenvalue weighted by Gasteiger charge is -2.35. The van der Waals surface area contributed by atoms with Crippen molar-refractivity contribution in [3.8, 4) is 0 Å². The second-order valence-electron chi connectivity index (χ2n) is 6.66. The number of amides is 3. The summed E-state index contributed by atoms with van der Waals surface area (Å²) < 4.78 is 27.0. The van der Waals surface area contributed by atoms with E-state index in [4.69, 9.17) is 0 Å². The van der Waals surface area contributed by atoms with Crippen molar-refractivity contribution in [1.82, 2.24) is 15.1 Å². The molecule has 1 aliphatic rings. The fourth-order valence-corrected chi connectivity index (χ4v) is 3.30. The van der Waals surface area contributed by atoms with Crippen molar-refractivity contribution in [2.75, 3.05) is 26.2 Å². The van der Waals surface area contributed by atoms with E-state index in [9.17, 15) is 28.3 Å². The van der Waals surface area contributed by atoms with Gasteiger partial charge < -0.3 is 20.2 Å². The highest BCUT2D eigenvalue weighted by Crippen LogP contribution is 2.22. The molecule has 0 aliphatic carbocycles. The summed E-state index contributed by atoms with van der Waals surface area (Å²) in [7, 11) is 0. The van der Waals surface area contributed by atoms with Gasteiger partial charge in [0, 0.05) is 43.7 Å². The Labute approximate surface area is 162 Å². The zero-order valence-electron chi connectivity index (χ0n) is 16.0. The molecule has 1 fully saturated rings. The number of carbonyl (C=O) groups is 3. The van der Waals surface area contributed by atoms with Crippen LogP contribution in [0.3, 0.4) is 0 Å². The molecule has 0 radical (unpaired) electrons. The number of benzene rings is 1. The molecule has 1 aromatic rings. The maximum Gasteiger partial charge on any atom is 0.331 e. The molecule has 2 N–H and O–H groups in total. The van der Waals surface area contributed by atoms with Gasteiger partial charge in [-0.1, -0.05) is 6.07 Å². The zero-order valence-corrected chi connectivity index (χ0v) is 16.0. The van der Waals surface area contributed by atoms with Crippen molar-refractivity contribution >= 4 is 17.9 Å². The summed E-state index contributed by atoms with van der Waals surface area (Å²) >= 11 is 0. The number of likely N-dealkylation sites (tertiary alicyclic amines) is 1. The summed E-state index contributed by atoms with van der Waals surface area (Å²) in [4.78, 5) is 39.7. The van der Waals surface area contributed by atoms with E-state index in [0.29, 0.717) is 45.1 Å². The SMILES string of the molecule is CCN(CC)C(=O)N1CCC(C(=O)N[C@@H](C(=O)O)c2ccc(F)cc2F)CC1. The van der Waals surface area contributed by atoms with E-state index in [-0.39, 0.29) is 11.6 Å². The van der Waals surface area contributed by atoms with E-state index in [1.807, 2.05) is 13.8 Å². The molecule has 0 unspecified atom stereocenters. The van der Waals surface area contributed by atoms with E-state index < -0.39 is 35.5 Å². The quantitative estimate of drug-likeness (QED) is 0.771. The van der Waals surface area contributed by atoms with Gasteiger partial charge in [-0.25, -0.2) is 18.4 Å². The predicted molar refractivity (Wildman–Crippen MR) is 97.5 cm³/mol. The summed E-state index contributed by atoms with van der Waals surface area (Å²) in [6.45, 7) is 5.75. The molecule has 0 bridgehead atoms. The van der Waals surface area contributed by atoms with Crippen molar-refractivity contribution in [3.63, 3.8) is 0 Å². The van der Waals surface area contributed by atoms with Crippen molar-refractivity contribution < 1.29 is 28.3 Å². The van der Waals surface area contributed by atoms with Gasteiger partial charge in [0.05, 0.1) is 0 Å². The van der Waals surface area contributed by atoms with Crippen LogP contribution in [0, 0.1) is 17.6 Å². The molecule has 3 amide bonds. The average molecular weight is 397 g/mol. The second kappa shape index (κ2) is 9.48. The average Bonchev–Trinajstić information content (AvgIpc) is 2.67. The number of carbonyl (C=O) groups excluding carboxylic acids is 2. The molecule has 1 aromatic carbocycles. The Hall–Kier alpha value is -2.71. The minimum Gasteiger partial charge on any atom is -0.479 e. The van der Waals surface area contributed by atoms with E-state index in [1.165, 1.54) is 0 Å². The number of hydrogen-bond donors (Lipinski definition) is 2. The Morgan fingerprint density at radius 1 is 1.21 bits per heavy atom. The van der Waals surface area contributed by atoms with Crippen LogP contribution in [0.15, 0.2) is 18.2 Å². The third-order valence-corrected chi connectivity index (χ3v) is 4.98. The Morgan fingerprint density at radius 2 is 1.82 bits per heavy atom. The molecule has 1 atom stereocenters. The maximum absolute atomic E-state index is 13.9. The van der Waals surface area contributed by atoms with Gasteiger partial charge in [-0.3, -0.25) is 4.79 Å². The van der Waals surface area contributed by atoms with Crippen LogP contribution in [-0.4, -0.2) is 59.0 Å². The summed E-state index contributed by atoms with van der Waals surface area (Å²) in [5.74, 6) is -4.31. The Morgan fingerprint density at radius 3 is 2.32 bits per heavy atom. The zero-order chi connectivity index (χ0) is 20.8. The molecule has 2 rings (SSSR count). The number of carboxylic acid groups (broad SMARTS) is 1. The molecular weight excluding hydrogens is 372 g/mol. The highest BCUT2D eigenvalue weighted by molar-refractivity contribution is 5.86. The molecule has 154 valence electrons. The maximum atomic E-state index is 13.9. The van der Waals surface area contributed by atoms with E-state index in [1.54, 1.807) is 9.80 Å². The minimum atomic E-state index is -1.61. The van der Waals surface area contributed by atoms with E-state index in [2.05, 4.69) is 5.32 Å². The molecule has 1 saturated heterocycles. The summed E-state index contributed by atoms with van der Waals surface area (Å²) in [5, 5.41) is 11.7. The predicted octanol–water partition coefficient (Wildman–Crippen LogP) is 2.38. The highest BCUT2D eigenvalue weighted by atomic mass is 19.1. The van der Waals surface area contributed by atoms with Crippen LogP contribution in [-0.2, 0) is 9.59 Å². The lowest BCUT2D eigenvalue weighted by molar-refractivity contribution is -0.143. The third-order valence-electron chi connectivity index (χ3n) is 4.98. The Balaban J connectivity index is 2.00. The lowest BCUT2D eigenvalue weighted by Crippen LogP contribution is -2.49. The molecular formula is C19H25F2N3O4. The van der Waals surface area contributed by atoms with Crippen LogP contribution in [0.25, 0.3) is 0 Å². The van der Waals surface area contributed by atoms with Gasteiger partial charge in [0.2, 0.25) is 5.91 Å². The van der Waals surface area contributed by atoms with Crippen LogP contribution >= 0.6 is 0 Å². The third kappa shape index (κ3) is 4.96. The van der Waals surface area contributed by atoms with Gasteiger partial charge in [0.25, 0.3) is 0 Å². The molecule has 0 aromatic heterocycles. The van der Waals surface area contributed by atoms with Crippen molar-refractivity contribution in [2.24, 2.45) is 5.92 Å². The van der Waals surface area contributed by atoms with Crippen molar-refractivity contribution in [1.29, 1.82) is 0 Å². The first-order valence-electron chi connectivity index (χ1n) is 9.30. The number of aliphatic carboxylic acids is 1. The highest BCUT2D eigenvalue weighted by Gasteiger charge is 2.32. The smallest absolute Gasteiger partial charge is 0.331 e. The lowest BCUT2D eigenvalue weighted by atomic mass is 9.95. The van der Waals surface area contributed by atoms with Gasteiger partial charge in [0.15, 0.2) is 6.04 Å². The van der Waals surface area contributed by atoms with Crippen LogP contribution in [0.4, 0.5) is 13.6 Å². The number of carboxylic acids is 1. The summed E-state index contributed by atoms with van der Waals surface area (Å²) in [6, 6.07) is 0.839. The minimum absolute atomic E-state index is 0.0827. The molecule has 28 heavy (non-hydrogen) atoms. The number of rotatable bonds is 6. The Kier molecular flexibility index (Phi) is 7.31. The van der Waals surface area contributed by atoms with Crippen LogP contribution in [0.2, 0.25) is 0 Å². The standard InChI is InChI=1S/C19H25F2N3O4/c1-3-23(4-2)19(28)24-9-7-12(8-10-24)17(25)22-16(18(26)27)14-6-5-13(20)11-15(14)21/h5-6,11-12,16H,3-4,7-10H2,1-2H3,(H,22,25)(H,26,27)/t16-/m1/s1. The Bertz CT molecular complexity index is 732. The molecule has 0 spiro atoms. The number of nitrogens with one attached hydrogen (secondary N) is 1. The first-order chi connectivity index (χ1) is 13.3. The van der Waals surface area contributed by atoms with Gasteiger partial charge in [-0.2, -0.15) is 0 Å². The van der Waals surface area contributed by atoms with Crippen LogP contribution in [0.5, 0.6) is 0 Å². The first kappa shape index (κ1) is 21.6. The topological polar surface area (TPSA) is 90.0 Å². The van der Waals surface area contributed by atoms with Gasteiger partial charge in [-0.15, -0.1) is 0 Å². The molecule has 1 aliphatic heterocycles. The summed E-state index contributed by atoms with van der Waals surface area (Å²) in [5.41, 5.74) is -0.309. The number of urea groups is 1.